The lowest BCUT2D eigenvalue weighted by Crippen LogP contribution is -2.43. The highest BCUT2D eigenvalue weighted by Crippen LogP contribution is 2.36. The van der Waals surface area contributed by atoms with Crippen molar-refractivity contribution in [3.63, 3.8) is 0 Å². The molecule has 0 saturated carbocycles. The Balaban J connectivity index is 1.08. The molecule has 0 radical (unpaired) electrons. The molecule has 0 aliphatic carbocycles. The molecule has 1 saturated heterocycles. The van der Waals surface area contributed by atoms with Crippen molar-refractivity contribution in [3.8, 4) is 17.2 Å². The number of nitrogens with one attached hydrogen (secondary N) is 1. The summed E-state index contributed by atoms with van der Waals surface area (Å²) in [7, 11) is 1.64. The van der Waals surface area contributed by atoms with Gasteiger partial charge in [-0.15, -0.1) is 0 Å². The van der Waals surface area contributed by atoms with E-state index in [2.05, 4.69) is 88.5 Å². The van der Waals surface area contributed by atoms with Gasteiger partial charge in [-0.1, -0.05) is 30.3 Å². The molecule has 4 heterocycles. The maximum Gasteiger partial charge on any atom is 0.421 e. The van der Waals surface area contributed by atoms with E-state index in [-0.39, 0.29) is 16.0 Å². The third-order valence-corrected chi connectivity index (χ3v) is 12.7. The van der Waals surface area contributed by atoms with Crippen LogP contribution >= 0.6 is 0 Å². The summed E-state index contributed by atoms with van der Waals surface area (Å²) in [5, 5.41) is 14.2. The van der Waals surface area contributed by atoms with Gasteiger partial charge >= 0.3 is 6.09 Å². The standard InChI is InChI=1S/C54H65N5O12/c1-38-7-12-45-48(35-38)69-27-21-58(22-28-70-49-36-39(2)8-13-46(49)57-19-25-67-32-30-65-23-17-56(45)18-24-66-31-33-68-26-20-57)47-14-9-40(37-50(47)71-34-29-64-3)15-16-55-44-11-10-43-51-41(44)5-4-6-42(51)52(60)59(53(43)61)54(62)63/h4-14,35-37,55H,15-34H2,1-3H3,(H,62,63). The molecule has 2 bridgehead atoms. The van der Waals surface area contributed by atoms with E-state index in [4.69, 9.17) is 37.9 Å². The van der Waals surface area contributed by atoms with Gasteiger partial charge in [-0.3, -0.25) is 9.59 Å². The van der Waals surface area contributed by atoms with Crippen LogP contribution in [0.2, 0.25) is 0 Å². The number of fused-ring (bicyclic) bond motifs is 20. The molecule has 5 aromatic carbocycles. The van der Waals surface area contributed by atoms with Crippen molar-refractivity contribution in [1.82, 2.24) is 4.90 Å². The number of carbonyl (C=O) groups is 3. The highest BCUT2D eigenvalue weighted by molar-refractivity contribution is 6.31. The molecule has 2 N–H and O–H groups in total. The van der Waals surface area contributed by atoms with E-state index >= 15 is 0 Å². The number of carbonyl (C=O) groups excluding carboxylic acids is 2. The second-order valence-electron chi connectivity index (χ2n) is 17.5. The summed E-state index contributed by atoms with van der Waals surface area (Å²) in [6.45, 7) is 13.6. The molecule has 4 aliphatic heterocycles. The molecule has 0 spiro atoms. The normalized spacial score (nSPS) is 16.9. The predicted molar refractivity (Wildman–Crippen MR) is 272 cm³/mol. The number of ether oxygens (including phenoxy) is 8. The Morgan fingerprint density at radius 3 is 1.68 bits per heavy atom. The number of hydrogen-bond donors (Lipinski definition) is 2. The maximum absolute atomic E-state index is 13.1. The second-order valence-corrected chi connectivity index (χ2v) is 17.5. The van der Waals surface area contributed by atoms with Crippen molar-refractivity contribution in [2.45, 2.75) is 20.3 Å². The zero-order valence-electron chi connectivity index (χ0n) is 41.0. The summed E-state index contributed by atoms with van der Waals surface area (Å²) < 4.78 is 49.8. The van der Waals surface area contributed by atoms with Gasteiger partial charge < -0.3 is 63.0 Å². The molecule has 1 fully saturated rings. The van der Waals surface area contributed by atoms with Crippen LogP contribution in [-0.4, -0.2) is 160 Å². The molecule has 0 unspecified atom stereocenters. The van der Waals surface area contributed by atoms with E-state index < -0.39 is 17.9 Å². The number of benzene rings is 5. The Morgan fingerprint density at radius 2 is 1.13 bits per heavy atom. The van der Waals surface area contributed by atoms with E-state index in [1.165, 1.54) is 0 Å². The molecular weight excluding hydrogens is 911 g/mol. The van der Waals surface area contributed by atoms with Gasteiger partial charge in [0.1, 0.15) is 37.1 Å². The summed E-state index contributed by atoms with van der Waals surface area (Å²) >= 11 is 0. The lowest BCUT2D eigenvalue weighted by molar-refractivity contribution is 0.0435. The predicted octanol–water partition coefficient (Wildman–Crippen LogP) is 7.08. The first-order chi connectivity index (χ1) is 34.7. The average molecular weight is 976 g/mol. The quantitative estimate of drug-likeness (QED) is 0.0872. The van der Waals surface area contributed by atoms with Crippen molar-refractivity contribution in [3.05, 3.63) is 113 Å². The minimum absolute atomic E-state index is 0.164. The van der Waals surface area contributed by atoms with Crippen molar-refractivity contribution in [2.75, 3.05) is 152 Å². The number of aryl methyl sites for hydroxylation is 2. The SMILES string of the molecule is COCCOc1cc(CCNc2ccc3c4c(cccc24)C(=O)N(C(=O)O)C3=O)ccc1N1CCOc2cc(C)ccc2N2CCOCCOCCN(CCOCCOCC2)c2ccc(C)cc2OCC1. The van der Waals surface area contributed by atoms with Crippen LogP contribution in [0.3, 0.4) is 0 Å². The van der Waals surface area contributed by atoms with Crippen molar-refractivity contribution in [2.24, 2.45) is 0 Å². The zero-order chi connectivity index (χ0) is 49.5. The first-order valence-electron chi connectivity index (χ1n) is 24.4. The third-order valence-electron chi connectivity index (χ3n) is 12.7. The topological polar surface area (TPSA) is 170 Å². The fraction of sp³-hybridized carbons (Fsp3) is 0.426. The molecule has 5 aromatic rings. The molecule has 0 atom stereocenters. The van der Waals surface area contributed by atoms with Gasteiger partial charge in [0, 0.05) is 67.4 Å². The first kappa shape index (κ1) is 50.7. The Hall–Kier alpha value is -6.63. The van der Waals surface area contributed by atoms with Crippen LogP contribution in [0.15, 0.2) is 84.9 Å². The van der Waals surface area contributed by atoms with Gasteiger partial charge in [-0.2, -0.15) is 4.90 Å². The van der Waals surface area contributed by atoms with Crippen LogP contribution in [0.1, 0.15) is 37.4 Å². The summed E-state index contributed by atoms with van der Waals surface area (Å²) in [6, 6.07) is 27.2. The third kappa shape index (κ3) is 12.8. The van der Waals surface area contributed by atoms with Gasteiger partial charge in [-0.05, 0) is 91.6 Å². The number of anilines is 4. The largest absolute Gasteiger partial charge is 0.490 e. The van der Waals surface area contributed by atoms with Crippen LogP contribution in [-0.2, 0) is 30.1 Å². The fourth-order valence-electron chi connectivity index (χ4n) is 9.02. The maximum atomic E-state index is 13.1. The number of amides is 3. The van der Waals surface area contributed by atoms with Crippen LogP contribution in [0.5, 0.6) is 17.2 Å². The number of carboxylic acid groups (broad SMARTS) is 1. The Morgan fingerprint density at radius 1 is 0.606 bits per heavy atom. The van der Waals surface area contributed by atoms with Gasteiger partial charge in [0.2, 0.25) is 0 Å². The lowest BCUT2D eigenvalue weighted by Gasteiger charge is -2.30. The van der Waals surface area contributed by atoms with Gasteiger partial charge in [-0.25, -0.2) is 4.79 Å². The smallest absolute Gasteiger partial charge is 0.421 e. The Bertz CT molecular complexity index is 2510. The zero-order valence-corrected chi connectivity index (χ0v) is 41.0. The van der Waals surface area contributed by atoms with E-state index in [9.17, 15) is 19.5 Å². The van der Waals surface area contributed by atoms with E-state index in [0.717, 1.165) is 50.9 Å². The van der Waals surface area contributed by atoms with Crippen LogP contribution in [0.4, 0.5) is 27.5 Å². The minimum Gasteiger partial charge on any atom is -0.490 e. The number of hydrogen-bond acceptors (Lipinski definition) is 15. The number of methoxy groups -OCH3 is 1. The summed E-state index contributed by atoms with van der Waals surface area (Å²) in [5.41, 5.74) is 7.00. The molecule has 71 heavy (non-hydrogen) atoms. The molecule has 9 rings (SSSR count). The number of nitrogens with zero attached hydrogens (tertiary/aromatic N) is 4. The van der Waals surface area contributed by atoms with Crippen LogP contribution in [0.25, 0.3) is 10.8 Å². The van der Waals surface area contributed by atoms with E-state index in [1.54, 1.807) is 31.4 Å². The van der Waals surface area contributed by atoms with Crippen molar-refractivity contribution >= 4 is 51.4 Å². The molecule has 378 valence electrons. The molecule has 0 aromatic heterocycles. The molecule has 3 amide bonds. The van der Waals surface area contributed by atoms with Gasteiger partial charge in [0.25, 0.3) is 11.8 Å². The minimum atomic E-state index is -1.61. The summed E-state index contributed by atoms with van der Waals surface area (Å²) in [6.07, 6.45) is -1.01. The van der Waals surface area contributed by atoms with Gasteiger partial charge in [0.15, 0.2) is 0 Å². The van der Waals surface area contributed by atoms with Crippen LogP contribution < -0.4 is 34.2 Å². The first-order valence-corrected chi connectivity index (χ1v) is 24.4. The average Bonchev–Trinajstić information content (AvgIpc) is 3.35. The molecular formula is C54H65N5O12. The van der Waals surface area contributed by atoms with Gasteiger partial charge in [0.05, 0.1) is 89.6 Å². The van der Waals surface area contributed by atoms with Crippen molar-refractivity contribution in [1.29, 1.82) is 0 Å². The van der Waals surface area contributed by atoms with E-state index in [1.807, 2.05) is 6.07 Å². The highest BCUT2D eigenvalue weighted by atomic mass is 16.5. The fourth-order valence-corrected chi connectivity index (χ4v) is 9.02. The second kappa shape index (κ2) is 25.0. The lowest BCUT2D eigenvalue weighted by atomic mass is 9.93. The molecule has 4 aliphatic rings. The molecule has 17 heteroatoms. The van der Waals surface area contributed by atoms with E-state index in [0.29, 0.717) is 148 Å². The number of rotatable bonds is 9. The number of imide groups is 3. The summed E-state index contributed by atoms with van der Waals surface area (Å²) in [4.78, 5) is 45.0. The monoisotopic (exact) mass is 975 g/mol. The van der Waals surface area contributed by atoms with Crippen LogP contribution in [0, 0.1) is 13.8 Å². The Kier molecular flexibility index (Phi) is 17.8. The summed E-state index contributed by atoms with van der Waals surface area (Å²) in [5.74, 6) is 0.497. The highest BCUT2D eigenvalue weighted by Gasteiger charge is 2.37. The van der Waals surface area contributed by atoms with Crippen molar-refractivity contribution < 1.29 is 57.4 Å². The molecule has 17 nitrogen and oxygen atoms in total. The Labute approximate surface area is 415 Å².